The average Bonchev–Trinajstić information content (AvgIpc) is 2.86. The van der Waals surface area contributed by atoms with Crippen molar-refractivity contribution in [3.63, 3.8) is 0 Å². The lowest BCUT2D eigenvalue weighted by Gasteiger charge is -2.23. The van der Waals surface area contributed by atoms with Gasteiger partial charge >= 0.3 is 6.03 Å². The standard InChI is InChI=1S/C14H21N3O3S2/c1-3-12-9(2)21-13(15-12)16-14(18)17-7-6-10-4-5-11(8-17)22(10,19)20/h10-11H,3-8H2,1-2H3,(H,15,16,18). The largest absolute Gasteiger partial charge is 0.323 e. The molecule has 2 atom stereocenters. The monoisotopic (exact) mass is 343 g/mol. The summed E-state index contributed by atoms with van der Waals surface area (Å²) in [6.45, 7) is 4.82. The van der Waals surface area contributed by atoms with Gasteiger partial charge in [-0.3, -0.25) is 5.32 Å². The molecule has 3 heterocycles. The minimum absolute atomic E-state index is 0.237. The van der Waals surface area contributed by atoms with E-state index in [0.29, 0.717) is 31.1 Å². The molecule has 22 heavy (non-hydrogen) atoms. The predicted molar refractivity (Wildman–Crippen MR) is 87.2 cm³/mol. The van der Waals surface area contributed by atoms with Crippen LogP contribution in [0.5, 0.6) is 0 Å². The molecule has 2 amide bonds. The first kappa shape index (κ1) is 15.7. The third-order valence-electron chi connectivity index (χ3n) is 4.61. The van der Waals surface area contributed by atoms with Crippen molar-refractivity contribution >= 4 is 32.3 Å². The maximum Gasteiger partial charge on any atom is 0.323 e. The van der Waals surface area contributed by atoms with Crippen molar-refractivity contribution in [2.45, 2.75) is 50.0 Å². The Morgan fingerprint density at radius 2 is 2.09 bits per heavy atom. The second-order valence-electron chi connectivity index (χ2n) is 5.95. The van der Waals surface area contributed by atoms with E-state index >= 15 is 0 Å². The van der Waals surface area contributed by atoms with Gasteiger partial charge in [-0.25, -0.2) is 18.2 Å². The summed E-state index contributed by atoms with van der Waals surface area (Å²) in [4.78, 5) is 19.5. The number of carbonyl (C=O) groups excluding carboxylic acids is 1. The van der Waals surface area contributed by atoms with Crippen molar-refractivity contribution in [2.24, 2.45) is 0 Å². The van der Waals surface area contributed by atoms with Crippen molar-refractivity contribution in [3.8, 4) is 0 Å². The summed E-state index contributed by atoms with van der Waals surface area (Å²) < 4.78 is 24.5. The number of likely N-dealkylation sites (tertiary alicyclic amines) is 1. The van der Waals surface area contributed by atoms with E-state index in [-0.39, 0.29) is 11.3 Å². The Balaban J connectivity index is 1.70. The molecule has 2 fully saturated rings. The summed E-state index contributed by atoms with van der Waals surface area (Å²) in [6.07, 6.45) is 2.80. The van der Waals surface area contributed by atoms with Gasteiger partial charge in [0.15, 0.2) is 15.0 Å². The van der Waals surface area contributed by atoms with Crippen LogP contribution in [0, 0.1) is 6.92 Å². The summed E-state index contributed by atoms with van der Waals surface area (Å²) >= 11 is 1.46. The lowest BCUT2D eigenvalue weighted by Crippen LogP contribution is -2.40. The van der Waals surface area contributed by atoms with E-state index in [1.807, 2.05) is 13.8 Å². The molecule has 6 nitrogen and oxygen atoms in total. The Bertz CT molecular complexity index is 684. The number of carbonyl (C=O) groups is 1. The van der Waals surface area contributed by atoms with E-state index in [1.165, 1.54) is 11.3 Å². The van der Waals surface area contributed by atoms with Gasteiger partial charge < -0.3 is 4.90 Å². The minimum atomic E-state index is -3.05. The van der Waals surface area contributed by atoms with Crippen LogP contribution in [-0.2, 0) is 16.3 Å². The summed E-state index contributed by atoms with van der Waals surface area (Å²) in [5, 5.41) is 2.76. The van der Waals surface area contributed by atoms with Crippen molar-refractivity contribution in [1.29, 1.82) is 0 Å². The first-order valence-corrected chi connectivity index (χ1v) is 10.1. The van der Waals surface area contributed by atoms with Crippen LogP contribution in [0.3, 0.4) is 0 Å². The number of aryl methyl sites for hydroxylation is 2. The van der Waals surface area contributed by atoms with E-state index in [2.05, 4.69) is 10.3 Å². The Labute approximate surface area is 134 Å². The zero-order chi connectivity index (χ0) is 15.9. The topological polar surface area (TPSA) is 79.4 Å². The number of nitrogens with zero attached hydrogens (tertiary/aromatic N) is 2. The van der Waals surface area contributed by atoms with Gasteiger partial charge in [0.1, 0.15) is 0 Å². The number of rotatable bonds is 2. The number of nitrogens with one attached hydrogen (secondary N) is 1. The van der Waals surface area contributed by atoms with Crippen LogP contribution >= 0.6 is 11.3 Å². The fourth-order valence-corrected chi connectivity index (χ4v) is 6.46. The molecule has 2 saturated heterocycles. The Morgan fingerprint density at radius 3 is 2.77 bits per heavy atom. The van der Waals surface area contributed by atoms with Crippen molar-refractivity contribution in [3.05, 3.63) is 10.6 Å². The molecule has 3 rings (SSSR count). The molecule has 122 valence electrons. The molecular weight excluding hydrogens is 322 g/mol. The molecule has 0 spiro atoms. The van der Waals surface area contributed by atoms with Crippen LogP contribution in [0.2, 0.25) is 0 Å². The molecular formula is C14H21N3O3S2. The van der Waals surface area contributed by atoms with Gasteiger partial charge in [0.25, 0.3) is 0 Å². The highest BCUT2D eigenvalue weighted by Crippen LogP contribution is 2.33. The zero-order valence-electron chi connectivity index (χ0n) is 12.8. The first-order chi connectivity index (χ1) is 10.4. The third kappa shape index (κ3) is 2.74. The Hall–Kier alpha value is -1.15. The van der Waals surface area contributed by atoms with E-state index in [4.69, 9.17) is 0 Å². The lowest BCUT2D eigenvalue weighted by molar-refractivity contribution is 0.209. The average molecular weight is 343 g/mol. The molecule has 2 aliphatic heterocycles. The third-order valence-corrected chi connectivity index (χ3v) is 8.26. The normalized spacial score (nSPS) is 26.7. The molecule has 8 heteroatoms. The molecule has 2 aliphatic rings. The van der Waals surface area contributed by atoms with E-state index in [0.717, 1.165) is 23.4 Å². The summed E-state index contributed by atoms with van der Waals surface area (Å²) in [6, 6.07) is -0.237. The quantitative estimate of drug-likeness (QED) is 0.893. The van der Waals surface area contributed by atoms with Gasteiger partial charge in [0.05, 0.1) is 16.2 Å². The van der Waals surface area contributed by atoms with Gasteiger partial charge in [-0.2, -0.15) is 0 Å². The second-order valence-corrected chi connectivity index (χ2v) is 9.67. The summed E-state index contributed by atoms with van der Waals surface area (Å²) in [7, 11) is -3.05. The van der Waals surface area contributed by atoms with Crippen molar-refractivity contribution in [2.75, 3.05) is 18.4 Å². The van der Waals surface area contributed by atoms with Crippen LogP contribution in [0.4, 0.5) is 9.93 Å². The lowest BCUT2D eigenvalue weighted by atomic mass is 10.1. The molecule has 0 radical (unpaired) electrons. The van der Waals surface area contributed by atoms with Crippen LogP contribution < -0.4 is 5.32 Å². The number of urea groups is 1. The molecule has 1 N–H and O–H groups in total. The highest BCUT2D eigenvalue weighted by Gasteiger charge is 2.44. The molecule has 0 aliphatic carbocycles. The van der Waals surface area contributed by atoms with E-state index in [1.54, 1.807) is 4.90 Å². The predicted octanol–water partition coefficient (Wildman–Crippen LogP) is 2.20. The summed E-state index contributed by atoms with van der Waals surface area (Å²) in [5.41, 5.74) is 0.998. The second kappa shape index (κ2) is 5.81. The van der Waals surface area contributed by atoms with Gasteiger partial charge in [-0.15, -0.1) is 11.3 Å². The molecule has 0 aromatic carbocycles. The highest BCUT2D eigenvalue weighted by atomic mass is 32.2. The molecule has 2 unspecified atom stereocenters. The number of aromatic nitrogens is 1. The Morgan fingerprint density at radius 1 is 1.36 bits per heavy atom. The zero-order valence-corrected chi connectivity index (χ0v) is 14.5. The van der Waals surface area contributed by atoms with Crippen LogP contribution in [0.1, 0.15) is 36.8 Å². The number of anilines is 1. The SMILES string of the molecule is CCc1nc(NC(=O)N2CCC3CCC(C2)S3(=O)=O)sc1C. The van der Waals surface area contributed by atoms with Gasteiger partial charge in [0.2, 0.25) is 0 Å². The number of hydrogen-bond acceptors (Lipinski definition) is 5. The van der Waals surface area contributed by atoms with Crippen LogP contribution in [0.15, 0.2) is 0 Å². The smallest absolute Gasteiger partial charge is 0.323 e. The highest BCUT2D eigenvalue weighted by molar-refractivity contribution is 7.93. The fraction of sp³-hybridized carbons (Fsp3) is 0.714. The number of sulfone groups is 1. The Kier molecular flexibility index (Phi) is 4.15. The van der Waals surface area contributed by atoms with Crippen molar-refractivity contribution in [1.82, 2.24) is 9.88 Å². The maximum absolute atomic E-state index is 12.4. The van der Waals surface area contributed by atoms with Gasteiger partial charge in [0, 0.05) is 18.0 Å². The van der Waals surface area contributed by atoms with Crippen LogP contribution in [-0.4, -0.2) is 47.9 Å². The van der Waals surface area contributed by atoms with Crippen molar-refractivity contribution < 1.29 is 13.2 Å². The maximum atomic E-state index is 12.4. The number of thiazole rings is 1. The van der Waals surface area contributed by atoms with E-state index in [9.17, 15) is 13.2 Å². The fourth-order valence-electron chi connectivity index (χ4n) is 3.28. The number of hydrogen-bond donors (Lipinski definition) is 1. The number of amides is 2. The summed E-state index contributed by atoms with van der Waals surface area (Å²) in [5.74, 6) is 0. The van der Waals surface area contributed by atoms with Gasteiger partial charge in [-0.1, -0.05) is 6.92 Å². The molecule has 1 aromatic rings. The minimum Gasteiger partial charge on any atom is -0.323 e. The molecule has 1 aromatic heterocycles. The van der Waals surface area contributed by atoms with Gasteiger partial charge in [-0.05, 0) is 32.6 Å². The number of fused-ring (bicyclic) bond motifs is 2. The first-order valence-electron chi connectivity index (χ1n) is 7.66. The van der Waals surface area contributed by atoms with Crippen LogP contribution in [0.25, 0.3) is 0 Å². The molecule has 0 saturated carbocycles. The van der Waals surface area contributed by atoms with E-state index < -0.39 is 15.1 Å². The molecule has 2 bridgehead atoms.